The highest BCUT2D eigenvalue weighted by Gasteiger charge is 2.27. The van der Waals surface area contributed by atoms with Crippen molar-refractivity contribution < 1.29 is 9.59 Å². The fourth-order valence-electron chi connectivity index (χ4n) is 1.37. The summed E-state index contributed by atoms with van der Waals surface area (Å²) < 4.78 is 0. The summed E-state index contributed by atoms with van der Waals surface area (Å²) >= 11 is 1.83. The van der Waals surface area contributed by atoms with E-state index in [-0.39, 0.29) is 17.9 Å². The van der Waals surface area contributed by atoms with Crippen molar-refractivity contribution in [3.63, 3.8) is 0 Å². The van der Waals surface area contributed by atoms with Gasteiger partial charge in [-0.3, -0.25) is 14.5 Å². The number of rotatable bonds is 5. The Labute approximate surface area is 88.5 Å². The Hall–Kier alpha value is -0.770. The second-order valence-corrected chi connectivity index (χ2v) is 4.61. The first-order valence-corrected chi connectivity index (χ1v) is 5.95. The Bertz CT molecular complexity index is 245. The first kappa shape index (κ1) is 11.3. The van der Waals surface area contributed by atoms with E-state index in [0.29, 0.717) is 0 Å². The second kappa shape index (κ2) is 5.20. The molecule has 0 aromatic heterocycles. The minimum atomic E-state index is -0.177. The Morgan fingerprint density at radius 2 is 1.93 bits per heavy atom. The van der Waals surface area contributed by atoms with Gasteiger partial charge in [0.15, 0.2) is 0 Å². The first-order chi connectivity index (χ1) is 6.66. The third-order valence-corrected chi connectivity index (χ3v) is 3.10. The second-order valence-electron chi connectivity index (χ2n) is 3.21. The number of amides is 2. The molecule has 1 aliphatic heterocycles. The predicted molar refractivity (Wildman–Crippen MR) is 58.1 cm³/mol. The van der Waals surface area contributed by atoms with Gasteiger partial charge in [0.05, 0.1) is 0 Å². The summed E-state index contributed by atoms with van der Waals surface area (Å²) in [6, 6.07) is 0.0176. The Kier molecular flexibility index (Phi) is 4.20. The Balaban J connectivity index is 2.40. The van der Waals surface area contributed by atoms with Crippen molar-refractivity contribution in [1.82, 2.24) is 4.90 Å². The van der Waals surface area contributed by atoms with Gasteiger partial charge in [0.2, 0.25) is 0 Å². The van der Waals surface area contributed by atoms with Crippen LogP contribution in [0.2, 0.25) is 0 Å². The zero-order valence-electron chi connectivity index (χ0n) is 8.53. The van der Waals surface area contributed by atoms with Crippen molar-refractivity contribution in [3.05, 3.63) is 12.2 Å². The van der Waals surface area contributed by atoms with Crippen molar-refractivity contribution in [2.45, 2.75) is 26.3 Å². The normalized spacial score (nSPS) is 18.0. The highest BCUT2D eigenvalue weighted by molar-refractivity contribution is 7.99. The average Bonchev–Trinajstić information content (AvgIpc) is 2.46. The largest absolute Gasteiger partial charge is 0.273 e. The van der Waals surface area contributed by atoms with Crippen LogP contribution in [0.3, 0.4) is 0 Å². The summed E-state index contributed by atoms with van der Waals surface area (Å²) in [5.74, 6) is 1.72. The van der Waals surface area contributed by atoms with Crippen molar-refractivity contribution in [2.24, 2.45) is 0 Å². The molecule has 1 heterocycles. The quantitative estimate of drug-likeness (QED) is 0.512. The molecule has 0 saturated carbocycles. The van der Waals surface area contributed by atoms with Crippen LogP contribution in [0.15, 0.2) is 12.2 Å². The van der Waals surface area contributed by atoms with Gasteiger partial charge in [0, 0.05) is 18.2 Å². The van der Waals surface area contributed by atoms with Gasteiger partial charge in [-0.15, -0.1) is 0 Å². The standard InChI is InChI=1S/C10H15NO2S/c1-3-14-7-6-8(2)11-9(12)4-5-10(11)13/h4-5,8H,3,6-7H2,1-2H3. The Morgan fingerprint density at radius 1 is 1.36 bits per heavy atom. The number of nitrogens with zero attached hydrogens (tertiary/aromatic N) is 1. The van der Waals surface area contributed by atoms with E-state index in [1.54, 1.807) is 0 Å². The molecule has 0 aromatic carbocycles. The number of carbonyl (C=O) groups excluding carboxylic acids is 2. The summed E-state index contributed by atoms with van der Waals surface area (Å²) in [6.45, 7) is 4.02. The summed E-state index contributed by atoms with van der Waals surface area (Å²) in [6.07, 6.45) is 3.55. The molecule has 1 unspecified atom stereocenters. The molecule has 1 aliphatic rings. The number of hydrogen-bond donors (Lipinski definition) is 0. The minimum Gasteiger partial charge on any atom is -0.273 e. The lowest BCUT2D eigenvalue weighted by Crippen LogP contribution is -2.38. The van der Waals surface area contributed by atoms with E-state index >= 15 is 0 Å². The van der Waals surface area contributed by atoms with E-state index in [2.05, 4.69) is 6.92 Å². The van der Waals surface area contributed by atoms with Gasteiger partial charge in [-0.2, -0.15) is 11.8 Å². The SMILES string of the molecule is CCSCCC(C)N1C(=O)C=CC1=O. The van der Waals surface area contributed by atoms with Crippen LogP contribution in [0.25, 0.3) is 0 Å². The summed E-state index contributed by atoms with van der Waals surface area (Å²) in [4.78, 5) is 23.9. The van der Waals surface area contributed by atoms with Crippen molar-refractivity contribution in [2.75, 3.05) is 11.5 Å². The maximum atomic E-state index is 11.3. The lowest BCUT2D eigenvalue weighted by atomic mass is 10.2. The van der Waals surface area contributed by atoms with Gasteiger partial charge in [-0.05, 0) is 24.9 Å². The van der Waals surface area contributed by atoms with E-state index in [0.717, 1.165) is 17.9 Å². The molecule has 78 valence electrons. The lowest BCUT2D eigenvalue weighted by Gasteiger charge is -2.21. The van der Waals surface area contributed by atoms with Crippen LogP contribution in [0.4, 0.5) is 0 Å². The summed E-state index contributed by atoms with van der Waals surface area (Å²) in [5, 5.41) is 0. The molecular weight excluding hydrogens is 198 g/mol. The van der Waals surface area contributed by atoms with Crippen LogP contribution in [0.5, 0.6) is 0 Å². The van der Waals surface area contributed by atoms with Gasteiger partial charge in [0.25, 0.3) is 11.8 Å². The van der Waals surface area contributed by atoms with Gasteiger partial charge in [-0.1, -0.05) is 6.92 Å². The Morgan fingerprint density at radius 3 is 2.43 bits per heavy atom. The van der Waals surface area contributed by atoms with E-state index < -0.39 is 0 Å². The molecule has 1 rings (SSSR count). The van der Waals surface area contributed by atoms with E-state index in [1.165, 1.54) is 17.1 Å². The van der Waals surface area contributed by atoms with Crippen LogP contribution in [-0.2, 0) is 9.59 Å². The molecule has 0 saturated heterocycles. The smallest absolute Gasteiger partial charge is 0.253 e. The van der Waals surface area contributed by atoms with Crippen molar-refractivity contribution >= 4 is 23.6 Å². The fourth-order valence-corrected chi connectivity index (χ4v) is 2.17. The van der Waals surface area contributed by atoms with E-state index in [9.17, 15) is 9.59 Å². The maximum Gasteiger partial charge on any atom is 0.253 e. The number of thioether (sulfide) groups is 1. The van der Waals surface area contributed by atoms with Crippen LogP contribution in [0.1, 0.15) is 20.3 Å². The van der Waals surface area contributed by atoms with Gasteiger partial charge in [-0.25, -0.2) is 0 Å². The van der Waals surface area contributed by atoms with E-state index in [1.807, 2.05) is 18.7 Å². The van der Waals surface area contributed by atoms with Gasteiger partial charge < -0.3 is 0 Å². The molecule has 1 atom stereocenters. The number of hydrogen-bond acceptors (Lipinski definition) is 3. The molecule has 0 spiro atoms. The van der Waals surface area contributed by atoms with Crippen LogP contribution >= 0.6 is 11.8 Å². The topological polar surface area (TPSA) is 37.4 Å². The van der Waals surface area contributed by atoms with Crippen LogP contribution in [-0.4, -0.2) is 34.3 Å². The molecule has 14 heavy (non-hydrogen) atoms. The predicted octanol–water partition coefficient (Wildman–Crippen LogP) is 1.44. The minimum absolute atomic E-state index is 0.0176. The molecule has 3 nitrogen and oxygen atoms in total. The summed E-state index contributed by atoms with van der Waals surface area (Å²) in [7, 11) is 0. The number of imide groups is 1. The van der Waals surface area contributed by atoms with Gasteiger partial charge >= 0.3 is 0 Å². The molecule has 0 radical (unpaired) electrons. The molecule has 2 amide bonds. The third-order valence-electron chi connectivity index (χ3n) is 2.17. The molecule has 4 heteroatoms. The molecule has 0 fully saturated rings. The molecule has 0 aromatic rings. The average molecular weight is 213 g/mol. The molecule has 0 bridgehead atoms. The summed E-state index contributed by atoms with van der Waals surface area (Å²) in [5.41, 5.74) is 0. The zero-order valence-corrected chi connectivity index (χ0v) is 9.34. The van der Waals surface area contributed by atoms with Crippen molar-refractivity contribution in [3.8, 4) is 0 Å². The van der Waals surface area contributed by atoms with Crippen LogP contribution < -0.4 is 0 Å². The molecule has 0 N–H and O–H groups in total. The number of carbonyl (C=O) groups is 2. The van der Waals surface area contributed by atoms with E-state index in [4.69, 9.17) is 0 Å². The fraction of sp³-hybridized carbons (Fsp3) is 0.600. The highest BCUT2D eigenvalue weighted by Crippen LogP contribution is 2.14. The third kappa shape index (κ3) is 2.61. The molecule has 0 aliphatic carbocycles. The highest BCUT2D eigenvalue weighted by atomic mass is 32.2. The maximum absolute atomic E-state index is 11.3. The molecular formula is C10H15NO2S. The van der Waals surface area contributed by atoms with Gasteiger partial charge in [0.1, 0.15) is 0 Å². The van der Waals surface area contributed by atoms with Crippen molar-refractivity contribution in [1.29, 1.82) is 0 Å². The van der Waals surface area contributed by atoms with Crippen LogP contribution in [0, 0.1) is 0 Å². The monoisotopic (exact) mass is 213 g/mol. The first-order valence-electron chi connectivity index (χ1n) is 4.79. The lowest BCUT2D eigenvalue weighted by molar-refractivity contribution is -0.139. The zero-order chi connectivity index (χ0) is 10.6.